The summed E-state index contributed by atoms with van der Waals surface area (Å²) in [6.07, 6.45) is -22.5. The number of halogens is 28. The molecule has 0 fully saturated rings. The van der Waals surface area contributed by atoms with Crippen LogP contribution < -0.4 is 9.47 Å². The van der Waals surface area contributed by atoms with Crippen molar-refractivity contribution in [1.82, 2.24) is 0 Å². The van der Waals surface area contributed by atoms with Crippen molar-refractivity contribution in [3.8, 4) is 23.0 Å². The summed E-state index contributed by atoms with van der Waals surface area (Å²) < 4.78 is 493. The van der Waals surface area contributed by atoms with Gasteiger partial charge in [0.05, 0.1) is 0 Å². The van der Waals surface area contributed by atoms with E-state index < -0.39 is 201 Å². The molecule has 0 unspecified atom stereocenters. The maximum absolute atomic E-state index is 15.7. The molecule has 0 aromatic heterocycles. The third-order valence-corrected chi connectivity index (χ3v) is 33.6. The van der Waals surface area contributed by atoms with Gasteiger partial charge in [-0.15, -0.1) is 0 Å². The number of ether oxygens (including phenoxy) is 2. The van der Waals surface area contributed by atoms with Crippen LogP contribution in [0.3, 0.4) is 0 Å². The molecule has 0 saturated heterocycles. The van der Waals surface area contributed by atoms with E-state index in [4.69, 9.17) is 16.7 Å². The molecule has 0 aliphatic heterocycles. The average molecular weight is 1790 g/mol. The zero-order valence-corrected chi connectivity index (χ0v) is 59.8. The summed E-state index contributed by atoms with van der Waals surface area (Å²) in [7, 11) is -32.5. The van der Waals surface area contributed by atoms with Crippen LogP contribution in [0.4, 0.5) is 119 Å². The van der Waals surface area contributed by atoms with E-state index in [1.807, 2.05) is 0 Å². The third-order valence-electron chi connectivity index (χ3n) is 15.2. The Morgan fingerprint density at radius 3 is 0.676 bits per heavy atom. The van der Waals surface area contributed by atoms with Gasteiger partial charge >= 0.3 is 411 Å². The molecule has 8 aromatic carbocycles. The molecule has 8 aromatic rings. The van der Waals surface area contributed by atoms with Gasteiger partial charge in [0, 0.05) is 0 Å². The van der Waals surface area contributed by atoms with Crippen molar-refractivity contribution in [2.45, 2.75) is 127 Å². The average Bonchev–Trinajstić information content (AvgIpc) is 0.713. The van der Waals surface area contributed by atoms with Gasteiger partial charge in [-0.25, -0.2) is 0 Å². The molecular formula is C64H44F27IO11S5. The minimum Gasteiger partial charge on any atom is -0.0619 e. The number of benzene rings is 8. The van der Waals surface area contributed by atoms with Crippen LogP contribution in [0.25, 0.3) is 0 Å². The van der Waals surface area contributed by atoms with Gasteiger partial charge in [-0.2, -0.15) is 95.9 Å². The Balaban J connectivity index is 1.19. The molecule has 8 rings (SSSR count). The van der Waals surface area contributed by atoms with Crippen LogP contribution in [-0.4, -0.2) is 95.1 Å². The second-order valence-corrected chi connectivity index (χ2v) is 37.9. The SMILES string of the molecule is Cc1ccccc1S(OS(=O)(=O)C(F)(F)C(F)(F)C(F)(F)C(F)(F)F)(c1ccc(Oc2ccc(I(OS(=O)(=O)C(F)(F)C(F)(F)C(F)(F)C(F)(F)F)c3ccc(Oc4ccc(S(OS(=O)(=O)C(F)(F)C(F)(F)C(F)(F)C(F)(F)F)(c5ccccc5C)c5ccccc5C)cc4)cc3)cc2)cc1)c1ccccc1C. The van der Waals surface area contributed by atoms with Gasteiger partial charge in [0.2, 0.25) is 0 Å². The van der Waals surface area contributed by atoms with E-state index in [1.165, 1.54) is 76.2 Å². The van der Waals surface area contributed by atoms with Crippen molar-refractivity contribution in [3.63, 3.8) is 0 Å². The third kappa shape index (κ3) is 14.6. The van der Waals surface area contributed by atoms with E-state index in [0.29, 0.717) is 24.3 Å². The summed E-state index contributed by atoms with van der Waals surface area (Å²) in [4.78, 5) is -3.16. The Morgan fingerprint density at radius 2 is 0.463 bits per heavy atom. The van der Waals surface area contributed by atoms with Crippen molar-refractivity contribution in [3.05, 3.63) is 224 Å². The van der Waals surface area contributed by atoms with Crippen LogP contribution in [0, 0.1) is 34.8 Å². The Labute approximate surface area is 604 Å². The normalized spacial score (nSPS) is 14.7. The summed E-state index contributed by atoms with van der Waals surface area (Å²) >= 11 is -5.18. The molecule has 44 heteroatoms. The van der Waals surface area contributed by atoms with Crippen LogP contribution in [-0.2, 0) is 40.1 Å². The number of aryl methyl sites for hydroxylation is 4. The van der Waals surface area contributed by atoms with E-state index in [9.17, 15) is 117 Å². The fourth-order valence-electron chi connectivity index (χ4n) is 9.62. The van der Waals surface area contributed by atoms with Gasteiger partial charge in [-0.1, -0.05) is 72.8 Å². The number of hydrogen-bond donors (Lipinski definition) is 0. The van der Waals surface area contributed by atoms with E-state index in [2.05, 4.69) is 2.51 Å². The molecule has 592 valence electrons. The van der Waals surface area contributed by atoms with Gasteiger partial charge in [-0.3, -0.25) is 0 Å². The van der Waals surface area contributed by atoms with Crippen molar-refractivity contribution in [2.24, 2.45) is 0 Å². The van der Waals surface area contributed by atoms with Gasteiger partial charge in [0.25, 0.3) is 0 Å². The zero-order valence-electron chi connectivity index (χ0n) is 53.6. The number of hydrogen-bond acceptors (Lipinski definition) is 11. The Morgan fingerprint density at radius 1 is 0.259 bits per heavy atom. The van der Waals surface area contributed by atoms with Crippen LogP contribution >= 0.6 is 40.9 Å². The second kappa shape index (κ2) is 29.1. The quantitative estimate of drug-likeness (QED) is 0.0358. The summed E-state index contributed by atoms with van der Waals surface area (Å²) in [5.41, 5.74) is -0.411. The number of alkyl halides is 27. The molecule has 0 amide bonds. The van der Waals surface area contributed by atoms with Crippen molar-refractivity contribution >= 4 is 71.2 Å². The summed E-state index contributed by atoms with van der Waals surface area (Å²) in [6, 6.07) is 30.9. The molecule has 0 spiro atoms. The van der Waals surface area contributed by atoms with Gasteiger partial charge in [-0.05, 0) is 27.7 Å². The Kier molecular flexibility index (Phi) is 23.2. The molecule has 0 saturated carbocycles. The molecule has 108 heavy (non-hydrogen) atoms. The van der Waals surface area contributed by atoms with Crippen LogP contribution in [0.2, 0.25) is 0 Å². The van der Waals surface area contributed by atoms with E-state index >= 15 is 26.3 Å². The van der Waals surface area contributed by atoms with Crippen LogP contribution in [0.1, 0.15) is 22.3 Å². The Hall–Kier alpha value is -7.37. The first-order valence-electron chi connectivity index (χ1n) is 29.0. The minimum absolute atomic E-state index is 0.103. The van der Waals surface area contributed by atoms with Crippen LogP contribution in [0.15, 0.2) is 223 Å². The van der Waals surface area contributed by atoms with E-state index in [-0.39, 0.29) is 22.3 Å². The molecule has 11 nitrogen and oxygen atoms in total. The molecule has 0 bridgehead atoms. The summed E-state index contributed by atoms with van der Waals surface area (Å²) in [5, 5.41) is -22.3. The molecule has 0 atom stereocenters. The first kappa shape index (κ1) is 86.2. The second-order valence-electron chi connectivity index (χ2n) is 22.5. The summed E-state index contributed by atoms with van der Waals surface area (Å²) in [5.74, 6) is -48.6. The zero-order chi connectivity index (χ0) is 81.5. The molecule has 0 N–H and O–H groups in total. The fraction of sp³-hybridized carbons (Fsp3) is 0.250. The van der Waals surface area contributed by atoms with Gasteiger partial charge in [0.1, 0.15) is 0 Å². The first-order chi connectivity index (χ1) is 49.1. The smallest absolute Gasteiger partial charge is 0.0619 e. The summed E-state index contributed by atoms with van der Waals surface area (Å²) in [6.45, 7) is 4.76. The standard InChI is InChI=1S/C64H44F27IO11S5/c1-37-13-5-9-17-49(37)104(50-18-10-6-14-38(50)2,102-107(95,96)63(88,89)57(73,74)54(67,68)60(80,81)82)47-33-29-45(30-34-47)99-43-25-21-41(22-26-43)92(101-106(93,94)62(86,87)56(71,72)53(65,66)59(77,78)79)42-23-27-44(28-24-42)100-46-31-35-48(36-32-46)105(51-19-11-7-15-39(51)3,52-20-12-8-16-40(52)4)103-108(97,98)64(90,91)58(75,76)55(69,70)61(83,84)85/h5-36H,1-4H3. The van der Waals surface area contributed by atoms with E-state index in [1.54, 1.807) is 0 Å². The first-order valence-corrected chi connectivity index (χ1v) is 39.3. The molecule has 0 heterocycles. The minimum atomic E-state index is -7.86. The van der Waals surface area contributed by atoms with Gasteiger partial charge in [0.15, 0.2) is 0 Å². The van der Waals surface area contributed by atoms with Gasteiger partial charge < -0.3 is 0 Å². The van der Waals surface area contributed by atoms with Crippen molar-refractivity contribution in [2.75, 3.05) is 0 Å². The molecule has 0 aliphatic rings. The van der Waals surface area contributed by atoms with E-state index in [0.717, 1.165) is 121 Å². The molecule has 0 aliphatic carbocycles. The monoisotopic (exact) mass is 1790 g/mol. The topological polar surface area (TPSA) is 149 Å². The molecule has 0 radical (unpaired) electrons. The van der Waals surface area contributed by atoms with Crippen molar-refractivity contribution < 1.29 is 163 Å². The maximum atomic E-state index is 15.7. The fourth-order valence-corrected chi connectivity index (χ4v) is 27.8. The Bertz CT molecular complexity index is 4610. The predicted octanol–water partition coefficient (Wildman–Crippen LogP) is 22.7. The van der Waals surface area contributed by atoms with Crippen molar-refractivity contribution in [1.29, 1.82) is 0 Å². The van der Waals surface area contributed by atoms with Crippen LogP contribution in [0.5, 0.6) is 23.0 Å². The predicted molar refractivity (Wildman–Crippen MR) is 340 cm³/mol. The molecular weight excluding hydrogens is 1740 g/mol. The number of rotatable bonds is 27.